The van der Waals surface area contributed by atoms with Gasteiger partial charge in [0.15, 0.2) is 0 Å². The van der Waals surface area contributed by atoms with E-state index in [0.29, 0.717) is 0 Å². The molecule has 0 radical (unpaired) electrons. The minimum Gasteiger partial charge on any atom is -0.324 e. The molecule has 1 saturated heterocycles. The third kappa shape index (κ3) is 2.23. The van der Waals surface area contributed by atoms with Gasteiger partial charge in [-0.15, -0.1) is 0 Å². The number of hydrogen-bond donors (Lipinski definition) is 1. The monoisotopic (exact) mass is 182 g/mol. The van der Waals surface area contributed by atoms with Crippen LogP contribution in [-0.2, 0) is 0 Å². The molecule has 0 aromatic carbocycles. The summed E-state index contributed by atoms with van der Waals surface area (Å²) in [4.78, 5) is 2.56. The van der Waals surface area contributed by atoms with Crippen LogP contribution in [0.15, 0.2) is 0 Å². The van der Waals surface area contributed by atoms with Crippen LogP contribution in [0.1, 0.15) is 33.1 Å². The fraction of sp³-hybridized carbons (Fsp3) is 1.00. The van der Waals surface area contributed by atoms with Gasteiger partial charge in [-0.25, -0.2) is 0 Å². The van der Waals surface area contributed by atoms with Crippen molar-refractivity contribution in [3.05, 3.63) is 0 Å². The van der Waals surface area contributed by atoms with E-state index in [4.69, 9.17) is 5.73 Å². The lowest BCUT2D eigenvalue weighted by Gasteiger charge is -2.26. The van der Waals surface area contributed by atoms with Crippen molar-refractivity contribution in [1.82, 2.24) is 4.90 Å². The number of hydrogen-bond acceptors (Lipinski definition) is 2. The van der Waals surface area contributed by atoms with Gasteiger partial charge in [0, 0.05) is 25.2 Å². The molecule has 2 N–H and O–H groups in total. The summed E-state index contributed by atoms with van der Waals surface area (Å²) < 4.78 is 0. The first kappa shape index (κ1) is 9.47. The molecule has 0 aromatic heterocycles. The maximum absolute atomic E-state index is 6.02. The quantitative estimate of drug-likeness (QED) is 0.700. The standard InChI is InChI=1S/C11H22N2/c1-11(2,12)8-13-6-9-4-3-5-10(9)7-13/h9-10H,3-8,12H2,1-2H3. The van der Waals surface area contributed by atoms with E-state index in [0.717, 1.165) is 18.4 Å². The summed E-state index contributed by atoms with van der Waals surface area (Å²) in [7, 11) is 0. The first-order chi connectivity index (χ1) is 6.04. The van der Waals surface area contributed by atoms with Gasteiger partial charge >= 0.3 is 0 Å². The average Bonchev–Trinajstić information content (AvgIpc) is 2.40. The summed E-state index contributed by atoms with van der Waals surface area (Å²) in [5.41, 5.74) is 6.01. The smallest absolute Gasteiger partial charge is 0.0226 e. The third-order valence-corrected chi connectivity index (χ3v) is 3.43. The predicted octanol–water partition coefficient (Wildman–Crippen LogP) is 1.46. The zero-order valence-corrected chi connectivity index (χ0v) is 8.92. The molecule has 2 aliphatic rings. The van der Waals surface area contributed by atoms with Gasteiger partial charge in [0.25, 0.3) is 0 Å². The third-order valence-electron chi connectivity index (χ3n) is 3.43. The Labute approximate surface area is 81.5 Å². The van der Waals surface area contributed by atoms with Gasteiger partial charge < -0.3 is 10.6 Å². The maximum Gasteiger partial charge on any atom is 0.0226 e. The van der Waals surface area contributed by atoms with Crippen molar-refractivity contribution in [2.24, 2.45) is 17.6 Å². The molecule has 1 aliphatic carbocycles. The summed E-state index contributed by atoms with van der Waals surface area (Å²) in [5, 5.41) is 0. The Balaban J connectivity index is 1.85. The van der Waals surface area contributed by atoms with E-state index in [9.17, 15) is 0 Å². The van der Waals surface area contributed by atoms with Crippen molar-refractivity contribution >= 4 is 0 Å². The summed E-state index contributed by atoms with van der Waals surface area (Å²) in [6.45, 7) is 7.94. The molecule has 1 saturated carbocycles. The number of nitrogens with two attached hydrogens (primary N) is 1. The highest BCUT2D eigenvalue weighted by Crippen LogP contribution is 2.37. The van der Waals surface area contributed by atoms with Gasteiger partial charge in [0.2, 0.25) is 0 Å². The van der Waals surface area contributed by atoms with Gasteiger partial charge in [-0.3, -0.25) is 0 Å². The molecule has 13 heavy (non-hydrogen) atoms. The van der Waals surface area contributed by atoms with E-state index in [2.05, 4.69) is 18.7 Å². The van der Waals surface area contributed by atoms with Crippen molar-refractivity contribution in [1.29, 1.82) is 0 Å². The van der Waals surface area contributed by atoms with Crippen LogP contribution in [0.25, 0.3) is 0 Å². The molecule has 1 aliphatic heterocycles. The highest BCUT2D eigenvalue weighted by Gasteiger charge is 2.36. The summed E-state index contributed by atoms with van der Waals surface area (Å²) in [5.74, 6) is 2.00. The lowest BCUT2D eigenvalue weighted by Crippen LogP contribution is -2.44. The molecule has 0 spiro atoms. The lowest BCUT2D eigenvalue weighted by atomic mass is 10.0. The fourth-order valence-electron chi connectivity index (χ4n) is 3.04. The molecule has 2 unspecified atom stereocenters. The van der Waals surface area contributed by atoms with E-state index in [-0.39, 0.29) is 5.54 Å². The van der Waals surface area contributed by atoms with Crippen LogP contribution >= 0.6 is 0 Å². The SMILES string of the molecule is CC(C)(N)CN1CC2CCCC2C1. The molecule has 0 bridgehead atoms. The predicted molar refractivity (Wildman–Crippen MR) is 55.5 cm³/mol. The molecule has 2 nitrogen and oxygen atoms in total. The summed E-state index contributed by atoms with van der Waals surface area (Å²) in [6, 6.07) is 0. The summed E-state index contributed by atoms with van der Waals surface area (Å²) >= 11 is 0. The van der Waals surface area contributed by atoms with E-state index >= 15 is 0 Å². The van der Waals surface area contributed by atoms with Crippen LogP contribution in [0.4, 0.5) is 0 Å². The van der Waals surface area contributed by atoms with E-state index in [1.807, 2.05) is 0 Å². The Hall–Kier alpha value is -0.0800. The number of nitrogens with zero attached hydrogens (tertiary/aromatic N) is 1. The fourth-order valence-corrected chi connectivity index (χ4v) is 3.04. The molecule has 2 heteroatoms. The van der Waals surface area contributed by atoms with Crippen molar-refractivity contribution in [2.45, 2.75) is 38.6 Å². The number of rotatable bonds is 2. The van der Waals surface area contributed by atoms with Crippen LogP contribution in [0.5, 0.6) is 0 Å². The molecule has 2 fully saturated rings. The van der Waals surface area contributed by atoms with E-state index in [1.54, 1.807) is 0 Å². The van der Waals surface area contributed by atoms with Gasteiger partial charge in [0.05, 0.1) is 0 Å². The Kier molecular flexibility index (Phi) is 2.37. The van der Waals surface area contributed by atoms with Gasteiger partial charge in [-0.05, 0) is 38.5 Å². The van der Waals surface area contributed by atoms with Crippen LogP contribution in [-0.4, -0.2) is 30.1 Å². The molecule has 76 valence electrons. The van der Waals surface area contributed by atoms with Gasteiger partial charge in [-0.2, -0.15) is 0 Å². The van der Waals surface area contributed by atoms with Crippen molar-refractivity contribution in [3.63, 3.8) is 0 Å². The van der Waals surface area contributed by atoms with Crippen LogP contribution in [0.2, 0.25) is 0 Å². The second-order valence-corrected chi connectivity index (χ2v) is 5.63. The number of likely N-dealkylation sites (tertiary alicyclic amines) is 1. The normalized spacial score (nSPS) is 35.3. The minimum atomic E-state index is -0.0152. The lowest BCUT2D eigenvalue weighted by molar-refractivity contribution is 0.253. The summed E-state index contributed by atoms with van der Waals surface area (Å²) in [6.07, 6.45) is 4.40. The highest BCUT2D eigenvalue weighted by atomic mass is 15.2. The molecule has 2 rings (SSSR count). The van der Waals surface area contributed by atoms with Crippen LogP contribution < -0.4 is 5.73 Å². The number of fused-ring (bicyclic) bond motifs is 1. The average molecular weight is 182 g/mol. The molecule has 0 amide bonds. The first-order valence-corrected chi connectivity index (χ1v) is 5.56. The van der Waals surface area contributed by atoms with E-state index < -0.39 is 0 Å². The first-order valence-electron chi connectivity index (χ1n) is 5.56. The van der Waals surface area contributed by atoms with Crippen LogP contribution in [0.3, 0.4) is 0 Å². The minimum absolute atomic E-state index is 0.0152. The molecular formula is C11H22N2. The van der Waals surface area contributed by atoms with Gasteiger partial charge in [-0.1, -0.05) is 6.42 Å². The largest absolute Gasteiger partial charge is 0.324 e. The second-order valence-electron chi connectivity index (χ2n) is 5.63. The Morgan fingerprint density at radius 3 is 2.23 bits per heavy atom. The van der Waals surface area contributed by atoms with E-state index in [1.165, 1.54) is 32.4 Å². The highest BCUT2D eigenvalue weighted by molar-refractivity contribution is 4.91. The van der Waals surface area contributed by atoms with Gasteiger partial charge in [0.1, 0.15) is 0 Å². The zero-order valence-electron chi connectivity index (χ0n) is 8.92. The zero-order chi connectivity index (χ0) is 9.47. The molecule has 0 aromatic rings. The Morgan fingerprint density at radius 1 is 1.23 bits per heavy atom. The maximum atomic E-state index is 6.02. The van der Waals surface area contributed by atoms with Crippen molar-refractivity contribution < 1.29 is 0 Å². The molecule has 1 heterocycles. The van der Waals surface area contributed by atoms with Crippen molar-refractivity contribution in [3.8, 4) is 0 Å². The second kappa shape index (κ2) is 3.25. The molecular weight excluding hydrogens is 160 g/mol. The topological polar surface area (TPSA) is 29.3 Å². The molecule has 2 atom stereocenters. The van der Waals surface area contributed by atoms with Crippen molar-refractivity contribution in [2.75, 3.05) is 19.6 Å². The van der Waals surface area contributed by atoms with Crippen LogP contribution in [0, 0.1) is 11.8 Å². The Morgan fingerprint density at radius 2 is 1.77 bits per heavy atom. The Bertz CT molecular complexity index is 171.